The van der Waals surface area contributed by atoms with Gasteiger partial charge in [-0.2, -0.15) is 0 Å². The Morgan fingerprint density at radius 3 is 3.00 bits per heavy atom. The molecule has 1 heterocycles. The molecule has 1 aromatic carbocycles. The molecule has 0 aliphatic heterocycles. The molecule has 0 fully saturated rings. The maximum atomic E-state index is 11.6. The Balaban J connectivity index is 2.31. The van der Waals surface area contributed by atoms with Crippen LogP contribution in [0.2, 0.25) is 0 Å². The van der Waals surface area contributed by atoms with Crippen LogP contribution in [0.4, 0.5) is 5.82 Å². The van der Waals surface area contributed by atoms with Crippen molar-refractivity contribution in [1.82, 2.24) is 9.97 Å². The fraction of sp³-hybridized carbons (Fsp3) is 0.333. The van der Waals surface area contributed by atoms with Gasteiger partial charge in [0.15, 0.2) is 5.82 Å². The lowest BCUT2D eigenvalue weighted by Crippen LogP contribution is -2.16. The minimum Gasteiger partial charge on any atom is -0.365 e. The van der Waals surface area contributed by atoms with Crippen LogP contribution in [0.25, 0.3) is 11.0 Å². The number of hydrogen-bond donors (Lipinski definition) is 2. The molecule has 0 spiro atoms. The number of aromatic amines is 1. The highest BCUT2D eigenvalue weighted by atomic mass is 16.1. The van der Waals surface area contributed by atoms with Crippen molar-refractivity contribution >= 4 is 16.9 Å². The monoisotopic (exact) mass is 217 g/mol. The van der Waals surface area contributed by atoms with Gasteiger partial charge < -0.3 is 10.3 Å². The quantitative estimate of drug-likeness (QED) is 0.771. The molecular formula is C12H15N3O. The van der Waals surface area contributed by atoms with Gasteiger partial charge in [-0.25, -0.2) is 4.98 Å². The van der Waals surface area contributed by atoms with E-state index in [2.05, 4.69) is 22.2 Å². The van der Waals surface area contributed by atoms with Crippen LogP contribution in [0.1, 0.15) is 19.8 Å². The van der Waals surface area contributed by atoms with Gasteiger partial charge in [-0.05, 0) is 18.6 Å². The van der Waals surface area contributed by atoms with Crippen LogP contribution < -0.4 is 10.9 Å². The van der Waals surface area contributed by atoms with Crippen molar-refractivity contribution in [3.63, 3.8) is 0 Å². The van der Waals surface area contributed by atoms with Gasteiger partial charge in [-0.3, -0.25) is 4.79 Å². The van der Waals surface area contributed by atoms with Gasteiger partial charge >= 0.3 is 0 Å². The van der Waals surface area contributed by atoms with E-state index in [4.69, 9.17) is 0 Å². The van der Waals surface area contributed by atoms with Gasteiger partial charge in [0, 0.05) is 6.54 Å². The SMILES string of the molecule is CCCCNc1nc2ccccc2[nH]c1=O. The van der Waals surface area contributed by atoms with Crippen LogP contribution in [0, 0.1) is 0 Å². The second-order valence-electron chi connectivity index (χ2n) is 3.71. The number of nitrogens with one attached hydrogen (secondary N) is 2. The number of anilines is 1. The van der Waals surface area contributed by atoms with Crippen LogP contribution in [0.3, 0.4) is 0 Å². The van der Waals surface area contributed by atoms with Crippen molar-refractivity contribution in [1.29, 1.82) is 0 Å². The zero-order chi connectivity index (χ0) is 11.4. The number of nitrogens with zero attached hydrogens (tertiary/aromatic N) is 1. The summed E-state index contributed by atoms with van der Waals surface area (Å²) in [6, 6.07) is 7.52. The number of hydrogen-bond acceptors (Lipinski definition) is 3. The molecule has 2 rings (SSSR count). The first kappa shape index (κ1) is 10.7. The highest BCUT2D eigenvalue weighted by Crippen LogP contribution is 2.07. The zero-order valence-corrected chi connectivity index (χ0v) is 9.29. The number of benzene rings is 1. The molecular weight excluding hydrogens is 202 g/mol. The molecule has 2 N–H and O–H groups in total. The van der Waals surface area contributed by atoms with Crippen LogP contribution >= 0.6 is 0 Å². The van der Waals surface area contributed by atoms with Gasteiger partial charge in [0.05, 0.1) is 11.0 Å². The Hall–Kier alpha value is -1.84. The molecule has 16 heavy (non-hydrogen) atoms. The van der Waals surface area contributed by atoms with E-state index in [1.54, 1.807) is 0 Å². The molecule has 0 unspecified atom stereocenters. The molecule has 0 saturated carbocycles. The first-order valence-corrected chi connectivity index (χ1v) is 5.54. The van der Waals surface area contributed by atoms with Crippen LogP contribution in [0.5, 0.6) is 0 Å². The average molecular weight is 217 g/mol. The maximum Gasteiger partial charge on any atom is 0.291 e. The number of rotatable bonds is 4. The van der Waals surface area contributed by atoms with Crippen molar-refractivity contribution in [3.05, 3.63) is 34.6 Å². The number of unbranched alkanes of at least 4 members (excludes halogenated alkanes) is 1. The van der Waals surface area contributed by atoms with E-state index < -0.39 is 0 Å². The van der Waals surface area contributed by atoms with Crippen molar-refractivity contribution in [2.24, 2.45) is 0 Å². The first-order valence-electron chi connectivity index (χ1n) is 5.54. The fourth-order valence-electron chi connectivity index (χ4n) is 1.53. The molecule has 0 radical (unpaired) electrons. The van der Waals surface area contributed by atoms with E-state index in [1.165, 1.54) is 0 Å². The smallest absolute Gasteiger partial charge is 0.291 e. The van der Waals surface area contributed by atoms with Crippen molar-refractivity contribution in [2.45, 2.75) is 19.8 Å². The zero-order valence-electron chi connectivity index (χ0n) is 9.29. The second kappa shape index (κ2) is 4.79. The first-order chi connectivity index (χ1) is 7.81. The van der Waals surface area contributed by atoms with Gasteiger partial charge in [0.25, 0.3) is 5.56 Å². The number of para-hydroxylation sites is 2. The van der Waals surface area contributed by atoms with Gasteiger partial charge in [0.1, 0.15) is 0 Å². The Bertz CT molecular complexity index is 533. The van der Waals surface area contributed by atoms with Gasteiger partial charge in [0.2, 0.25) is 0 Å². The normalized spacial score (nSPS) is 10.6. The lowest BCUT2D eigenvalue weighted by Gasteiger charge is -2.04. The molecule has 4 heteroatoms. The molecule has 1 aromatic heterocycles. The van der Waals surface area contributed by atoms with E-state index >= 15 is 0 Å². The Morgan fingerprint density at radius 2 is 2.19 bits per heavy atom. The van der Waals surface area contributed by atoms with Crippen molar-refractivity contribution < 1.29 is 0 Å². The summed E-state index contributed by atoms with van der Waals surface area (Å²) in [7, 11) is 0. The Morgan fingerprint density at radius 1 is 1.38 bits per heavy atom. The van der Waals surface area contributed by atoms with Crippen LogP contribution in [0.15, 0.2) is 29.1 Å². The molecule has 0 aliphatic carbocycles. The molecule has 0 aliphatic rings. The van der Waals surface area contributed by atoms with E-state index in [0.29, 0.717) is 5.82 Å². The summed E-state index contributed by atoms with van der Waals surface area (Å²) in [6.07, 6.45) is 2.13. The number of H-pyrrole nitrogens is 1. The van der Waals surface area contributed by atoms with Crippen molar-refractivity contribution in [2.75, 3.05) is 11.9 Å². The highest BCUT2D eigenvalue weighted by molar-refractivity contribution is 5.75. The lowest BCUT2D eigenvalue weighted by molar-refractivity contribution is 0.829. The lowest BCUT2D eigenvalue weighted by atomic mass is 10.3. The third-order valence-electron chi connectivity index (χ3n) is 2.42. The van der Waals surface area contributed by atoms with Gasteiger partial charge in [-0.15, -0.1) is 0 Å². The molecule has 4 nitrogen and oxygen atoms in total. The van der Waals surface area contributed by atoms with E-state index in [0.717, 1.165) is 30.4 Å². The van der Waals surface area contributed by atoms with Crippen LogP contribution in [-0.4, -0.2) is 16.5 Å². The minimum atomic E-state index is -0.158. The second-order valence-corrected chi connectivity index (χ2v) is 3.71. The number of fused-ring (bicyclic) bond motifs is 1. The largest absolute Gasteiger partial charge is 0.365 e. The summed E-state index contributed by atoms with van der Waals surface area (Å²) >= 11 is 0. The highest BCUT2D eigenvalue weighted by Gasteiger charge is 2.02. The molecule has 2 aromatic rings. The summed E-state index contributed by atoms with van der Waals surface area (Å²) in [5.41, 5.74) is 1.42. The van der Waals surface area contributed by atoms with Gasteiger partial charge in [-0.1, -0.05) is 25.5 Å². The summed E-state index contributed by atoms with van der Waals surface area (Å²) in [5.74, 6) is 0.409. The predicted octanol–water partition coefficient (Wildman–Crippen LogP) is 2.14. The molecule has 0 atom stereocenters. The van der Waals surface area contributed by atoms with Crippen molar-refractivity contribution in [3.8, 4) is 0 Å². The fourth-order valence-corrected chi connectivity index (χ4v) is 1.53. The Labute approximate surface area is 93.7 Å². The standard InChI is InChI=1S/C12H15N3O/c1-2-3-8-13-11-12(16)15-10-7-5-4-6-9(10)14-11/h4-7H,2-3,8H2,1H3,(H,13,14)(H,15,16). The molecule has 0 saturated heterocycles. The average Bonchev–Trinajstić information content (AvgIpc) is 2.30. The topological polar surface area (TPSA) is 57.8 Å². The van der Waals surface area contributed by atoms with E-state index in [1.807, 2.05) is 24.3 Å². The summed E-state index contributed by atoms with van der Waals surface area (Å²) in [4.78, 5) is 18.7. The number of aromatic nitrogens is 2. The maximum absolute atomic E-state index is 11.6. The molecule has 0 amide bonds. The summed E-state index contributed by atoms with van der Waals surface area (Å²) < 4.78 is 0. The Kier molecular flexibility index (Phi) is 3.19. The summed E-state index contributed by atoms with van der Waals surface area (Å²) in [6.45, 7) is 2.89. The molecule has 0 bridgehead atoms. The molecule has 84 valence electrons. The van der Waals surface area contributed by atoms with E-state index in [-0.39, 0.29) is 5.56 Å². The van der Waals surface area contributed by atoms with E-state index in [9.17, 15) is 4.79 Å². The third-order valence-corrected chi connectivity index (χ3v) is 2.42. The minimum absolute atomic E-state index is 0.158. The van der Waals surface area contributed by atoms with Crippen LogP contribution in [-0.2, 0) is 0 Å². The third kappa shape index (κ3) is 2.21. The predicted molar refractivity (Wildman–Crippen MR) is 65.8 cm³/mol. The summed E-state index contributed by atoms with van der Waals surface area (Å²) in [5, 5.41) is 3.05.